The van der Waals surface area contributed by atoms with E-state index < -0.39 is 5.97 Å². The molecular weight excluding hydrogens is 218 g/mol. The van der Waals surface area contributed by atoms with Gasteiger partial charge in [0.15, 0.2) is 0 Å². The molecule has 86 valence electrons. The zero-order valence-corrected chi connectivity index (χ0v) is 9.57. The third-order valence-corrected chi connectivity index (χ3v) is 2.33. The van der Waals surface area contributed by atoms with Gasteiger partial charge in [-0.1, -0.05) is 0 Å². The van der Waals surface area contributed by atoms with E-state index in [1.165, 1.54) is 6.07 Å². The number of aromatic nitrogens is 2. The van der Waals surface area contributed by atoms with E-state index in [0.717, 1.165) is 0 Å². The van der Waals surface area contributed by atoms with Gasteiger partial charge in [0.2, 0.25) is 0 Å². The molecule has 5 heteroatoms. The van der Waals surface area contributed by atoms with E-state index in [0.29, 0.717) is 34.6 Å². The standard InChI is InChI=1S/C12H11N3O2/c1-3-17-12(16)9-4-8(6-13)5-10-11(9)15-7(2)14-10/h4-5H,3H2,1-2H3,(H,14,15). The topological polar surface area (TPSA) is 78.8 Å². The van der Waals surface area contributed by atoms with Crippen molar-refractivity contribution >= 4 is 17.0 Å². The highest BCUT2D eigenvalue weighted by molar-refractivity contribution is 6.02. The molecule has 17 heavy (non-hydrogen) atoms. The molecule has 5 nitrogen and oxygen atoms in total. The van der Waals surface area contributed by atoms with Crippen LogP contribution in [0.4, 0.5) is 0 Å². The first-order valence-electron chi connectivity index (χ1n) is 5.23. The summed E-state index contributed by atoms with van der Waals surface area (Å²) in [7, 11) is 0. The van der Waals surface area contributed by atoms with Gasteiger partial charge in [0, 0.05) is 0 Å². The number of esters is 1. The largest absolute Gasteiger partial charge is 0.462 e. The van der Waals surface area contributed by atoms with Gasteiger partial charge < -0.3 is 9.72 Å². The van der Waals surface area contributed by atoms with E-state index in [9.17, 15) is 4.79 Å². The third-order valence-electron chi connectivity index (χ3n) is 2.33. The maximum absolute atomic E-state index is 11.8. The molecule has 1 N–H and O–H groups in total. The molecule has 0 fully saturated rings. The second kappa shape index (κ2) is 4.26. The molecule has 0 saturated heterocycles. The van der Waals surface area contributed by atoms with Crippen LogP contribution in [0.25, 0.3) is 11.0 Å². The molecule has 0 atom stereocenters. The highest BCUT2D eigenvalue weighted by atomic mass is 16.5. The zero-order valence-electron chi connectivity index (χ0n) is 9.57. The number of aromatic amines is 1. The maximum Gasteiger partial charge on any atom is 0.340 e. The number of nitriles is 1. The predicted molar refractivity (Wildman–Crippen MR) is 61.5 cm³/mol. The lowest BCUT2D eigenvalue weighted by atomic mass is 10.1. The Labute approximate surface area is 98.0 Å². The second-order valence-electron chi connectivity index (χ2n) is 3.57. The van der Waals surface area contributed by atoms with Gasteiger partial charge in [0.25, 0.3) is 0 Å². The Hall–Kier alpha value is -2.35. The fourth-order valence-corrected chi connectivity index (χ4v) is 1.67. The van der Waals surface area contributed by atoms with E-state index in [2.05, 4.69) is 9.97 Å². The van der Waals surface area contributed by atoms with E-state index in [-0.39, 0.29) is 0 Å². The lowest BCUT2D eigenvalue weighted by Crippen LogP contribution is -2.05. The van der Waals surface area contributed by atoms with E-state index in [1.54, 1.807) is 19.9 Å². The average Bonchev–Trinajstić information content (AvgIpc) is 2.67. The Balaban J connectivity index is 2.67. The van der Waals surface area contributed by atoms with Crippen molar-refractivity contribution in [3.05, 3.63) is 29.1 Å². The van der Waals surface area contributed by atoms with Crippen molar-refractivity contribution in [2.75, 3.05) is 6.61 Å². The summed E-state index contributed by atoms with van der Waals surface area (Å²) >= 11 is 0. The molecule has 1 aromatic carbocycles. The first kappa shape index (κ1) is 11.1. The number of nitrogens with zero attached hydrogens (tertiary/aromatic N) is 2. The zero-order chi connectivity index (χ0) is 12.4. The number of hydrogen-bond donors (Lipinski definition) is 1. The van der Waals surface area contributed by atoms with E-state index >= 15 is 0 Å². The molecule has 0 spiro atoms. The fourth-order valence-electron chi connectivity index (χ4n) is 1.67. The number of benzene rings is 1. The quantitative estimate of drug-likeness (QED) is 0.798. The van der Waals surface area contributed by atoms with E-state index in [4.69, 9.17) is 10.00 Å². The highest BCUT2D eigenvalue weighted by Crippen LogP contribution is 2.19. The van der Waals surface area contributed by atoms with Crippen LogP contribution in [0.15, 0.2) is 12.1 Å². The van der Waals surface area contributed by atoms with E-state index in [1.807, 2.05) is 6.07 Å². The minimum Gasteiger partial charge on any atom is -0.462 e. The molecule has 2 aromatic rings. The van der Waals surface area contributed by atoms with Gasteiger partial charge >= 0.3 is 5.97 Å². The first-order valence-corrected chi connectivity index (χ1v) is 5.23. The molecule has 0 aliphatic carbocycles. The number of H-pyrrole nitrogens is 1. The number of carbonyl (C=O) groups excluding carboxylic acids is 1. The lowest BCUT2D eigenvalue weighted by molar-refractivity contribution is 0.0528. The van der Waals surface area contributed by atoms with Crippen molar-refractivity contribution in [3.8, 4) is 6.07 Å². The number of rotatable bonds is 2. The van der Waals surface area contributed by atoms with Gasteiger partial charge in [-0.05, 0) is 26.0 Å². The molecule has 1 heterocycles. The molecule has 0 radical (unpaired) electrons. The van der Waals surface area contributed by atoms with Gasteiger partial charge in [-0.2, -0.15) is 5.26 Å². The van der Waals surface area contributed by atoms with Gasteiger partial charge in [-0.15, -0.1) is 0 Å². The summed E-state index contributed by atoms with van der Waals surface area (Å²) in [6.45, 7) is 3.82. The fraction of sp³-hybridized carbons (Fsp3) is 0.250. The number of carbonyl (C=O) groups is 1. The van der Waals surface area contributed by atoms with Crippen LogP contribution in [-0.4, -0.2) is 22.5 Å². The Kier molecular flexibility index (Phi) is 2.79. The summed E-state index contributed by atoms with van der Waals surface area (Å²) < 4.78 is 4.94. The first-order chi connectivity index (χ1) is 8.15. The van der Waals surface area contributed by atoms with Crippen LogP contribution in [0.5, 0.6) is 0 Å². The summed E-state index contributed by atoms with van der Waals surface area (Å²) in [5.41, 5.74) is 1.94. The van der Waals surface area contributed by atoms with Crippen molar-refractivity contribution in [2.45, 2.75) is 13.8 Å². The summed E-state index contributed by atoms with van der Waals surface area (Å²) in [5.74, 6) is 0.238. The molecule has 1 aromatic heterocycles. The van der Waals surface area contributed by atoms with Crippen molar-refractivity contribution < 1.29 is 9.53 Å². The Morgan fingerprint density at radius 3 is 3.00 bits per heavy atom. The number of fused-ring (bicyclic) bond motifs is 1. The van der Waals surface area contributed by atoms with Gasteiger partial charge in [0.05, 0.1) is 29.3 Å². The SMILES string of the molecule is CCOC(=O)c1cc(C#N)cc2[nH]c(C)nc12. The van der Waals surface area contributed by atoms with Gasteiger partial charge in [-0.3, -0.25) is 0 Å². The van der Waals surface area contributed by atoms with Crippen molar-refractivity contribution in [1.29, 1.82) is 5.26 Å². The Bertz CT molecular complexity index is 622. The van der Waals surface area contributed by atoms with Crippen LogP contribution in [0.1, 0.15) is 28.7 Å². The lowest BCUT2D eigenvalue weighted by Gasteiger charge is -2.02. The molecule has 0 unspecified atom stereocenters. The molecular formula is C12H11N3O2. The van der Waals surface area contributed by atoms with Crippen LogP contribution in [-0.2, 0) is 4.74 Å². The molecule has 0 bridgehead atoms. The minimum atomic E-state index is -0.457. The Morgan fingerprint density at radius 2 is 2.35 bits per heavy atom. The molecule has 0 saturated carbocycles. The molecule has 0 aliphatic rings. The molecule has 0 amide bonds. The smallest absolute Gasteiger partial charge is 0.340 e. The molecule has 0 aliphatic heterocycles. The normalized spacial score (nSPS) is 10.2. The highest BCUT2D eigenvalue weighted by Gasteiger charge is 2.15. The minimum absolute atomic E-state index is 0.292. The predicted octanol–water partition coefficient (Wildman–Crippen LogP) is 1.92. The Morgan fingerprint density at radius 1 is 1.59 bits per heavy atom. The number of nitrogens with one attached hydrogen (secondary N) is 1. The van der Waals surface area contributed by atoms with Crippen LogP contribution < -0.4 is 0 Å². The maximum atomic E-state index is 11.8. The molecule has 2 rings (SSSR count). The number of ether oxygens (including phenoxy) is 1. The van der Waals surface area contributed by atoms with Crippen LogP contribution in [0.2, 0.25) is 0 Å². The second-order valence-corrected chi connectivity index (χ2v) is 3.57. The number of hydrogen-bond acceptors (Lipinski definition) is 4. The van der Waals surface area contributed by atoms with Crippen molar-refractivity contribution in [2.24, 2.45) is 0 Å². The monoisotopic (exact) mass is 229 g/mol. The van der Waals surface area contributed by atoms with Gasteiger partial charge in [0.1, 0.15) is 11.3 Å². The summed E-state index contributed by atoms with van der Waals surface area (Å²) in [5, 5.41) is 8.90. The number of imidazole rings is 1. The third kappa shape index (κ3) is 1.97. The van der Waals surface area contributed by atoms with Crippen LogP contribution in [0, 0.1) is 18.3 Å². The van der Waals surface area contributed by atoms with Gasteiger partial charge in [-0.25, -0.2) is 9.78 Å². The summed E-state index contributed by atoms with van der Waals surface area (Å²) in [6.07, 6.45) is 0. The summed E-state index contributed by atoms with van der Waals surface area (Å²) in [4.78, 5) is 19.0. The average molecular weight is 229 g/mol. The van der Waals surface area contributed by atoms with Crippen LogP contribution >= 0.6 is 0 Å². The van der Waals surface area contributed by atoms with Crippen molar-refractivity contribution in [3.63, 3.8) is 0 Å². The number of aryl methyl sites for hydroxylation is 1. The summed E-state index contributed by atoms with van der Waals surface area (Å²) in [6, 6.07) is 5.18. The van der Waals surface area contributed by atoms with Crippen molar-refractivity contribution in [1.82, 2.24) is 9.97 Å². The van der Waals surface area contributed by atoms with Crippen LogP contribution in [0.3, 0.4) is 0 Å².